The van der Waals surface area contributed by atoms with Crippen molar-refractivity contribution >= 4 is 10.9 Å². The zero-order valence-electron chi connectivity index (χ0n) is 5.81. The van der Waals surface area contributed by atoms with Gasteiger partial charge in [0.25, 0.3) is 0 Å². The second kappa shape index (κ2) is 5.23. The molecule has 0 N–H and O–H groups in total. The second-order valence-electron chi connectivity index (χ2n) is 1.65. The van der Waals surface area contributed by atoms with Crippen LogP contribution in [0.1, 0.15) is 13.8 Å². The summed E-state index contributed by atoms with van der Waals surface area (Å²) in [6.45, 7) is 8.20. The minimum atomic E-state index is 0.644. The molecule has 0 rings (SSSR count). The summed E-state index contributed by atoms with van der Waals surface area (Å²) in [6.07, 6.45) is 2.02. The first kappa shape index (κ1) is 8.09. The molecule has 0 nitrogen and oxygen atoms in total. The van der Waals surface area contributed by atoms with Crippen molar-refractivity contribution in [1.82, 2.24) is 0 Å². The molecule has 0 aliphatic rings. The van der Waals surface area contributed by atoms with E-state index in [9.17, 15) is 0 Å². The Bertz CT molecular complexity index is 55.4. The SMILES string of the molecule is C=CC[S+](CC)CC. The van der Waals surface area contributed by atoms with Crippen LogP contribution in [0.3, 0.4) is 0 Å². The Morgan fingerprint density at radius 1 is 1.38 bits per heavy atom. The highest BCUT2D eigenvalue weighted by Crippen LogP contribution is 1.94. The number of rotatable bonds is 4. The Labute approximate surface area is 55.3 Å². The fourth-order valence-corrected chi connectivity index (χ4v) is 1.82. The molecule has 0 aromatic rings. The van der Waals surface area contributed by atoms with Gasteiger partial charge >= 0.3 is 0 Å². The van der Waals surface area contributed by atoms with Crippen LogP contribution in [-0.2, 0) is 10.9 Å². The van der Waals surface area contributed by atoms with E-state index in [2.05, 4.69) is 20.4 Å². The van der Waals surface area contributed by atoms with Crippen LogP contribution in [0.15, 0.2) is 12.7 Å². The summed E-state index contributed by atoms with van der Waals surface area (Å²) in [5.74, 6) is 3.86. The second-order valence-corrected chi connectivity index (χ2v) is 4.36. The van der Waals surface area contributed by atoms with E-state index in [1.807, 2.05) is 6.08 Å². The molecule has 0 spiro atoms. The van der Waals surface area contributed by atoms with Crippen LogP contribution in [-0.4, -0.2) is 17.3 Å². The third-order valence-corrected chi connectivity index (χ3v) is 3.51. The molecule has 0 radical (unpaired) electrons. The first-order valence-corrected chi connectivity index (χ1v) is 4.83. The molecule has 0 atom stereocenters. The van der Waals surface area contributed by atoms with Crippen molar-refractivity contribution in [3.63, 3.8) is 0 Å². The van der Waals surface area contributed by atoms with E-state index in [4.69, 9.17) is 0 Å². The Kier molecular flexibility index (Phi) is 5.29. The van der Waals surface area contributed by atoms with Crippen molar-refractivity contribution in [2.75, 3.05) is 17.3 Å². The summed E-state index contributed by atoms with van der Waals surface area (Å²) in [6, 6.07) is 0. The van der Waals surface area contributed by atoms with Gasteiger partial charge in [-0.05, 0) is 30.8 Å². The van der Waals surface area contributed by atoms with Crippen LogP contribution in [0.2, 0.25) is 0 Å². The Balaban J connectivity index is 3.20. The zero-order chi connectivity index (χ0) is 6.41. The molecule has 8 heavy (non-hydrogen) atoms. The predicted molar refractivity (Wildman–Crippen MR) is 43.5 cm³/mol. The molecule has 1 heteroatoms. The average molecular weight is 131 g/mol. The molecule has 0 amide bonds. The Morgan fingerprint density at radius 3 is 2.00 bits per heavy atom. The monoisotopic (exact) mass is 131 g/mol. The molecule has 0 aromatic heterocycles. The van der Waals surface area contributed by atoms with Crippen LogP contribution >= 0.6 is 0 Å². The van der Waals surface area contributed by atoms with Crippen molar-refractivity contribution in [2.45, 2.75) is 13.8 Å². The maximum Gasteiger partial charge on any atom is 0.126 e. The minimum Gasteiger partial charge on any atom is -0.0985 e. The number of hydrogen-bond donors (Lipinski definition) is 0. The standard InChI is InChI=1S/C7H15S/c1-4-7-8(5-2)6-3/h4H,1,5-7H2,2-3H3/q+1. The van der Waals surface area contributed by atoms with Gasteiger partial charge in [0.05, 0.1) is 0 Å². The third kappa shape index (κ3) is 3.14. The normalized spacial score (nSPS) is 9.88. The molecule has 0 aliphatic heterocycles. The Morgan fingerprint density at radius 2 is 1.88 bits per heavy atom. The largest absolute Gasteiger partial charge is 0.126 e. The van der Waals surface area contributed by atoms with E-state index in [-0.39, 0.29) is 0 Å². The summed E-state index contributed by atoms with van der Waals surface area (Å²) in [5, 5.41) is 0. The molecule has 0 heterocycles. The van der Waals surface area contributed by atoms with Gasteiger partial charge in [-0.3, -0.25) is 0 Å². The smallest absolute Gasteiger partial charge is 0.0985 e. The van der Waals surface area contributed by atoms with E-state index in [1.165, 1.54) is 17.3 Å². The molecular weight excluding hydrogens is 116 g/mol. The molecular formula is C7H15S+. The van der Waals surface area contributed by atoms with Gasteiger partial charge in [-0.1, -0.05) is 6.58 Å². The van der Waals surface area contributed by atoms with Gasteiger partial charge in [0, 0.05) is 0 Å². The lowest BCUT2D eigenvalue weighted by Crippen LogP contribution is -2.10. The van der Waals surface area contributed by atoms with E-state index in [1.54, 1.807) is 0 Å². The highest BCUT2D eigenvalue weighted by molar-refractivity contribution is 7.96. The van der Waals surface area contributed by atoms with Crippen LogP contribution in [0, 0.1) is 0 Å². The maximum absolute atomic E-state index is 3.70. The molecule has 48 valence electrons. The quantitative estimate of drug-likeness (QED) is 0.403. The minimum absolute atomic E-state index is 0.644. The molecule has 0 aliphatic carbocycles. The molecule has 0 saturated carbocycles. The molecule has 0 unspecified atom stereocenters. The molecule has 0 saturated heterocycles. The lowest BCUT2D eigenvalue weighted by molar-refractivity contribution is 1.41. The first-order valence-electron chi connectivity index (χ1n) is 3.10. The topological polar surface area (TPSA) is 0 Å². The highest BCUT2D eigenvalue weighted by Gasteiger charge is 2.06. The van der Waals surface area contributed by atoms with E-state index >= 15 is 0 Å². The lowest BCUT2D eigenvalue weighted by Gasteiger charge is -1.96. The summed E-state index contributed by atoms with van der Waals surface area (Å²) in [4.78, 5) is 0. The maximum atomic E-state index is 3.70. The summed E-state index contributed by atoms with van der Waals surface area (Å²) in [7, 11) is 0.644. The van der Waals surface area contributed by atoms with E-state index in [0.29, 0.717) is 10.9 Å². The van der Waals surface area contributed by atoms with Crippen LogP contribution in [0.5, 0.6) is 0 Å². The van der Waals surface area contributed by atoms with Crippen molar-refractivity contribution in [1.29, 1.82) is 0 Å². The summed E-state index contributed by atoms with van der Waals surface area (Å²) >= 11 is 0. The van der Waals surface area contributed by atoms with Crippen LogP contribution < -0.4 is 0 Å². The first-order chi connectivity index (χ1) is 3.85. The molecule has 0 fully saturated rings. The Hall–Kier alpha value is 0.0900. The van der Waals surface area contributed by atoms with Crippen molar-refractivity contribution < 1.29 is 0 Å². The van der Waals surface area contributed by atoms with E-state index < -0.39 is 0 Å². The fourth-order valence-electron chi connectivity index (χ4n) is 0.606. The van der Waals surface area contributed by atoms with Gasteiger partial charge in [0.15, 0.2) is 0 Å². The zero-order valence-corrected chi connectivity index (χ0v) is 6.63. The van der Waals surface area contributed by atoms with Gasteiger partial charge in [-0.25, -0.2) is 0 Å². The summed E-state index contributed by atoms with van der Waals surface area (Å²) < 4.78 is 0. The average Bonchev–Trinajstić information content (AvgIpc) is 1.83. The van der Waals surface area contributed by atoms with Gasteiger partial charge < -0.3 is 0 Å². The van der Waals surface area contributed by atoms with Crippen LogP contribution in [0.4, 0.5) is 0 Å². The van der Waals surface area contributed by atoms with Gasteiger partial charge in [0.1, 0.15) is 17.3 Å². The van der Waals surface area contributed by atoms with Gasteiger partial charge in [0.2, 0.25) is 0 Å². The third-order valence-electron chi connectivity index (χ3n) is 1.17. The molecule has 0 bridgehead atoms. The van der Waals surface area contributed by atoms with Crippen molar-refractivity contribution in [3.8, 4) is 0 Å². The predicted octanol–water partition coefficient (Wildman–Crippen LogP) is 1.83. The van der Waals surface area contributed by atoms with Crippen LogP contribution in [0.25, 0.3) is 0 Å². The number of hydrogen-bond acceptors (Lipinski definition) is 0. The van der Waals surface area contributed by atoms with Gasteiger partial charge in [-0.15, -0.1) is 0 Å². The fraction of sp³-hybridized carbons (Fsp3) is 0.714. The van der Waals surface area contributed by atoms with Crippen molar-refractivity contribution in [3.05, 3.63) is 12.7 Å². The van der Waals surface area contributed by atoms with Crippen molar-refractivity contribution in [2.24, 2.45) is 0 Å². The van der Waals surface area contributed by atoms with Gasteiger partial charge in [-0.2, -0.15) is 0 Å². The highest BCUT2D eigenvalue weighted by atomic mass is 32.2. The van der Waals surface area contributed by atoms with E-state index in [0.717, 1.165) is 0 Å². The molecule has 0 aromatic carbocycles. The lowest BCUT2D eigenvalue weighted by atomic mass is 10.8. The summed E-state index contributed by atoms with van der Waals surface area (Å²) in [5.41, 5.74) is 0.